The van der Waals surface area contributed by atoms with E-state index >= 15 is 0 Å². The van der Waals surface area contributed by atoms with Crippen LogP contribution in [0.2, 0.25) is 39.3 Å². The quantitative estimate of drug-likeness (QED) is 0.171. The van der Waals surface area contributed by atoms with E-state index in [2.05, 4.69) is 112 Å². The van der Waals surface area contributed by atoms with Gasteiger partial charge in [-0.1, -0.05) is 51.4 Å². The molecule has 4 aromatic rings. The van der Waals surface area contributed by atoms with E-state index in [9.17, 15) is 0 Å². The topological polar surface area (TPSA) is 0 Å². The Kier molecular flexibility index (Phi) is 9.92. The summed E-state index contributed by atoms with van der Waals surface area (Å²) >= 11 is -1.76. The molecule has 0 aliphatic heterocycles. The molecule has 0 aromatic heterocycles. The van der Waals surface area contributed by atoms with Crippen LogP contribution < -0.4 is 10.4 Å². The molecule has 0 bridgehead atoms. The fourth-order valence-corrected chi connectivity index (χ4v) is 6.85. The largest absolute Gasteiger partial charge is 0.157 e. The first-order valence-electron chi connectivity index (χ1n) is 10.7. The summed E-state index contributed by atoms with van der Waals surface area (Å²) in [6.07, 6.45) is 0. The molecule has 166 valence electrons. The number of hydrogen-bond donors (Lipinski definition) is 0. The number of fused-ring (bicyclic) bond motifs is 2. The zero-order valence-electron chi connectivity index (χ0n) is 19.8. The van der Waals surface area contributed by atoms with Crippen molar-refractivity contribution in [3.8, 4) is 0 Å². The van der Waals surface area contributed by atoms with Crippen LogP contribution >= 0.6 is 17.0 Å². The van der Waals surface area contributed by atoms with Gasteiger partial charge in [-0.2, -0.15) is 33.3 Å². The van der Waals surface area contributed by atoms with Gasteiger partial charge in [0, 0.05) is 16.1 Å². The second-order valence-corrected chi connectivity index (χ2v) is 28.6. The number of benzene rings is 2. The van der Waals surface area contributed by atoms with Crippen molar-refractivity contribution in [3.63, 3.8) is 0 Å². The Hall–Kier alpha value is -0.573. The van der Waals surface area contributed by atoms with Gasteiger partial charge in [-0.15, -0.1) is 59.3 Å². The van der Waals surface area contributed by atoms with Crippen molar-refractivity contribution >= 4 is 68.8 Å². The molecule has 0 heterocycles. The first-order chi connectivity index (χ1) is 14.4. The zero-order valence-corrected chi connectivity index (χ0v) is 25.7. The molecule has 0 aliphatic carbocycles. The standard InChI is InChI=1S/2C12H15Si.C2H4.2ClH.Zr/c2*1-13(2,3)12-9-8-10-6-4-5-7-11(10)12;1-2;;;/h2*4-9H,1-3H3;1H,2H3;2*1H;/q2*-1;;;;+2/p-2. The third-order valence-electron chi connectivity index (χ3n) is 5.20. The molecular weight excluding hydrogens is 531 g/mol. The summed E-state index contributed by atoms with van der Waals surface area (Å²) in [7, 11) is 8.45. The zero-order chi connectivity index (χ0) is 23.2. The molecule has 0 atom stereocenters. The van der Waals surface area contributed by atoms with Gasteiger partial charge in [0.15, 0.2) is 0 Å². The summed E-state index contributed by atoms with van der Waals surface area (Å²) in [5.41, 5.74) is 0. The minimum Gasteiger partial charge on any atom is -0.157 e. The number of rotatable bonds is 2. The van der Waals surface area contributed by atoms with Crippen molar-refractivity contribution in [2.24, 2.45) is 0 Å². The Labute approximate surface area is 205 Å². The van der Waals surface area contributed by atoms with Crippen LogP contribution in [-0.4, -0.2) is 19.9 Å². The van der Waals surface area contributed by atoms with E-state index in [1.807, 2.05) is 10.6 Å². The fourth-order valence-electron chi connectivity index (χ4n) is 3.61. The summed E-state index contributed by atoms with van der Waals surface area (Å²) in [5, 5.41) is 8.87. The van der Waals surface area contributed by atoms with Crippen molar-refractivity contribution < 1.29 is 18.9 Å². The van der Waals surface area contributed by atoms with Crippen molar-refractivity contribution in [2.45, 2.75) is 46.2 Å². The summed E-state index contributed by atoms with van der Waals surface area (Å²) in [6, 6.07) is 26.4. The molecular formula is C26H34Cl2Si2Zr-2. The van der Waals surface area contributed by atoms with Crippen LogP contribution in [0.5, 0.6) is 0 Å². The third kappa shape index (κ3) is 7.75. The molecule has 5 heteroatoms. The molecule has 0 N–H and O–H groups in total. The van der Waals surface area contributed by atoms with Crippen LogP contribution in [-0.2, 0) is 18.9 Å². The molecule has 4 aromatic carbocycles. The van der Waals surface area contributed by atoms with Crippen molar-refractivity contribution in [3.05, 3.63) is 72.8 Å². The summed E-state index contributed by atoms with van der Waals surface area (Å²) in [5.74, 6) is 0. The Morgan fingerprint density at radius 2 is 1.00 bits per heavy atom. The van der Waals surface area contributed by atoms with Gasteiger partial charge >= 0.3 is 46.5 Å². The predicted molar refractivity (Wildman–Crippen MR) is 148 cm³/mol. The Bertz CT molecular complexity index is 1050. The van der Waals surface area contributed by atoms with Crippen molar-refractivity contribution in [1.29, 1.82) is 0 Å². The van der Waals surface area contributed by atoms with Gasteiger partial charge in [0.1, 0.15) is 0 Å². The molecule has 0 saturated carbocycles. The molecule has 31 heavy (non-hydrogen) atoms. The maximum atomic E-state index is 5.37. The fraction of sp³-hybridized carbons (Fsp3) is 0.269. The molecule has 0 nitrogen and oxygen atoms in total. The van der Waals surface area contributed by atoms with E-state index in [4.69, 9.17) is 17.0 Å². The number of hydrogen-bond acceptors (Lipinski definition) is 0. The van der Waals surface area contributed by atoms with Gasteiger partial charge in [0.25, 0.3) is 0 Å². The minimum atomic E-state index is -1.76. The van der Waals surface area contributed by atoms with Gasteiger partial charge < -0.3 is 0 Å². The summed E-state index contributed by atoms with van der Waals surface area (Å²) < 4.78 is 1.89. The van der Waals surface area contributed by atoms with E-state index in [1.165, 1.54) is 21.5 Å². The van der Waals surface area contributed by atoms with Crippen molar-refractivity contribution in [2.75, 3.05) is 0 Å². The smallest absolute Gasteiger partial charge is 0.0209 e. The predicted octanol–water partition coefficient (Wildman–Crippen LogP) is 7.94. The van der Waals surface area contributed by atoms with Gasteiger partial charge in [0.05, 0.1) is 0 Å². The average molecular weight is 565 g/mol. The van der Waals surface area contributed by atoms with Crippen molar-refractivity contribution in [1.82, 2.24) is 0 Å². The first kappa shape index (κ1) is 26.7. The van der Waals surface area contributed by atoms with E-state index in [0.29, 0.717) is 0 Å². The van der Waals surface area contributed by atoms with E-state index in [0.717, 1.165) is 0 Å². The maximum absolute atomic E-state index is 5.37. The molecule has 0 aliphatic rings. The van der Waals surface area contributed by atoms with Crippen LogP contribution in [0.1, 0.15) is 6.92 Å². The number of halogens is 2. The van der Waals surface area contributed by atoms with Crippen LogP contribution in [0.25, 0.3) is 21.5 Å². The van der Waals surface area contributed by atoms with Gasteiger partial charge in [-0.05, 0) is 0 Å². The van der Waals surface area contributed by atoms with Gasteiger partial charge in [-0.25, -0.2) is 0 Å². The normalized spacial score (nSPS) is 11.4. The van der Waals surface area contributed by atoms with E-state index in [-0.39, 0.29) is 0 Å². The molecule has 0 radical (unpaired) electrons. The van der Waals surface area contributed by atoms with Gasteiger partial charge in [-0.3, -0.25) is 0 Å². The SMILES string of the molecule is C[CH]=[Zr]([Cl])[Cl].C[Si](C)(C)c1c[cH-]c2ccccc12.C[Si](C)(C)c1c[cH-]c2ccccc12. The van der Waals surface area contributed by atoms with Gasteiger partial charge in [0.2, 0.25) is 0 Å². The van der Waals surface area contributed by atoms with E-state index in [1.54, 1.807) is 10.4 Å². The second kappa shape index (κ2) is 11.5. The molecule has 4 rings (SSSR count). The molecule has 0 amide bonds. The summed E-state index contributed by atoms with van der Waals surface area (Å²) in [4.78, 5) is 0. The molecule has 0 saturated heterocycles. The average Bonchev–Trinajstić information content (AvgIpc) is 3.32. The van der Waals surface area contributed by atoms with E-state index < -0.39 is 35.0 Å². The maximum Gasteiger partial charge on any atom is 0.0209 e. The van der Waals surface area contributed by atoms with Crippen LogP contribution in [0, 0.1) is 0 Å². The monoisotopic (exact) mass is 562 g/mol. The van der Waals surface area contributed by atoms with Crippen LogP contribution in [0.4, 0.5) is 0 Å². The van der Waals surface area contributed by atoms with Crippen LogP contribution in [0.15, 0.2) is 72.8 Å². The Balaban J connectivity index is 0.000000182. The molecule has 0 fully saturated rings. The Morgan fingerprint density at radius 3 is 1.29 bits per heavy atom. The van der Waals surface area contributed by atoms with Crippen LogP contribution in [0.3, 0.4) is 0 Å². The molecule has 0 spiro atoms. The second-order valence-electron chi connectivity index (χ2n) is 9.75. The third-order valence-corrected chi connectivity index (χ3v) is 13.0. The molecule has 0 unspecified atom stereocenters. The summed E-state index contributed by atoms with van der Waals surface area (Å²) in [6.45, 7) is 16.3. The first-order valence-corrected chi connectivity index (χ1v) is 25.5. The Morgan fingerprint density at radius 1 is 0.677 bits per heavy atom. The minimum absolute atomic E-state index is 1.15.